The van der Waals surface area contributed by atoms with Gasteiger partial charge in [-0.2, -0.15) is 18.5 Å². The highest BCUT2D eigenvalue weighted by Crippen LogP contribution is 2.31. The molecule has 2 bridgehead atoms. The number of nitrogens with zero attached hydrogens (tertiary/aromatic N) is 3. The highest BCUT2D eigenvalue weighted by atomic mass is 32.3. The van der Waals surface area contributed by atoms with Crippen molar-refractivity contribution < 1.29 is 26.8 Å². The Hall–Kier alpha value is -1.76. The summed E-state index contributed by atoms with van der Waals surface area (Å²) in [6.45, 7) is 0.178. The van der Waals surface area contributed by atoms with Crippen LogP contribution in [0.5, 0.6) is 0 Å². The minimum atomic E-state index is -4.80. The lowest BCUT2D eigenvalue weighted by Crippen LogP contribution is -2.48. The second-order valence-electron chi connectivity index (χ2n) is 7.01. The van der Waals surface area contributed by atoms with Crippen molar-refractivity contribution in [2.24, 2.45) is 22.4 Å². The van der Waals surface area contributed by atoms with Crippen LogP contribution in [0.2, 0.25) is 0 Å². The van der Waals surface area contributed by atoms with Crippen LogP contribution in [0.15, 0.2) is 4.99 Å². The Morgan fingerprint density at radius 1 is 1.27 bits per heavy atom. The molecule has 0 aromatic heterocycles. The van der Waals surface area contributed by atoms with E-state index in [1.807, 2.05) is 0 Å². The van der Waals surface area contributed by atoms with Crippen molar-refractivity contribution >= 4 is 28.2 Å². The van der Waals surface area contributed by atoms with Crippen LogP contribution in [0.1, 0.15) is 38.5 Å². The Morgan fingerprint density at radius 3 is 2.65 bits per heavy atom. The van der Waals surface area contributed by atoms with Crippen molar-refractivity contribution in [3.05, 3.63) is 0 Å². The molecule has 11 nitrogen and oxygen atoms in total. The van der Waals surface area contributed by atoms with Crippen LogP contribution in [0, 0.1) is 5.92 Å². The van der Waals surface area contributed by atoms with E-state index in [0.717, 1.165) is 12.8 Å². The predicted octanol–water partition coefficient (Wildman–Crippen LogP) is -0.609. The van der Waals surface area contributed by atoms with Crippen LogP contribution in [-0.4, -0.2) is 65.4 Å². The van der Waals surface area contributed by atoms with Crippen LogP contribution >= 0.6 is 0 Å². The molecule has 3 rings (SSSR count). The molecule has 146 valence electrons. The van der Waals surface area contributed by atoms with E-state index in [1.165, 1.54) is 4.90 Å². The number of nitrogens with two attached hydrogens (primary N) is 2. The molecule has 0 radical (unpaired) electrons. The summed E-state index contributed by atoms with van der Waals surface area (Å²) in [5, 5.41) is 0.630. The van der Waals surface area contributed by atoms with E-state index in [2.05, 4.69) is 9.28 Å². The second-order valence-corrected chi connectivity index (χ2v) is 8.01. The number of hydrogen-bond donors (Lipinski definition) is 3. The third kappa shape index (κ3) is 3.98. The van der Waals surface area contributed by atoms with E-state index in [4.69, 9.17) is 16.0 Å². The first-order valence-corrected chi connectivity index (χ1v) is 9.92. The first-order valence-electron chi connectivity index (χ1n) is 8.56. The Bertz CT molecular complexity index is 725. The SMILES string of the molecule is NC(=NC(=O)C1CCCC(N)C1)[C@@H]1CC[C@@H]2CN1C(=O)N2OS(=O)(=O)O. The van der Waals surface area contributed by atoms with Gasteiger partial charge in [0.2, 0.25) is 0 Å². The zero-order valence-corrected chi connectivity index (χ0v) is 15.0. The number of hydrogen-bond acceptors (Lipinski definition) is 6. The average molecular weight is 389 g/mol. The fraction of sp³-hybridized carbons (Fsp3) is 0.786. The number of carbonyl (C=O) groups excluding carboxylic acids is 2. The topological polar surface area (TPSA) is 169 Å². The first-order chi connectivity index (χ1) is 12.2. The Kier molecular flexibility index (Phi) is 5.19. The molecule has 3 amide bonds. The quantitative estimate of drug-likeness (QED) is 0.325. The highest BCUT2D eigenvalue weighted by Gasteiger charge is 2.48. The van der Waals surface area contributed by atoms with Gasteiger partial charge in [0.15, 0.2) is 0 Å². The molecule has 0 aromatic carbocycles. The molecular formula is C14H23N5O6S. The normalized spacial score (nSPS) is 32.8. The minimum absolute atomic E-state index is 0.0177. The van der Waals surface area contributed by atoms with Crippen LogP contribution in [-0.2, 0) is 19.5 Å². The third-order valence-corrected chi connectivity index (χ3v) is 5.49. The Morgan fingerprint density at radius 2 is 2.00 bits per heavy atom. The Labute approximate surface area is 151 Å². The molecule has 3 fully saturated rings. The zero-order chi connectivity index (χ0) is 19.1. The van der Waals surface area contributed by atoms with E-state index in [0.29, 0.717) is 30.7 Å². The summed E-state index contributed by atoms with van der Waals surface area (Å²) in [7, 11) is -4.80. The molecule has 3 aliphatic rings. The number of hydroxylamine groups is 2. The smallest absolute Gasteiger partial charge is 0.385 e. The van der Waals surface area contributed by atoms with Crippen molar-refractivity contribution in [3.8, 4) is 0 Å². The average Bonchev–Trinajstić information content (AvgIpc) is 2.78. The molecule has 2 heterocycles. The standard InChI is InChI=1S/C14H23N5O6S/c15-9-3-1-2-8(6-9)13(20)17-12(16)11-5-4-10-7-18(11)14(21)19(10)25-26(22,23)24/h8-11H,1-7,15H2,(H2,16,17,20)(H,22,23,24)/t8?,9?,10-,11+/m1/s1. The number of piperidine rings is 1. The van der Waals surface area contributed by atoms with E-state index < -0.39 is 28.5 Å². The molecule has 4 atom stereocenters. The zero-order valence-electron chi connectivity index (χ0n) is 14.2. The van der Waals surface area contributed by atoms with E-state index in [9.17, 15) is 18.0 Å². The number of aliphatic imine (C=N–C) groups is 1. The van der Waals surface area contributed by atoms with Crippen molar-refractivity contribution in [3.63, 3.8) is 0 Å². The maximum atomic E-state index is 12.4. The highest BCUT2D eigenvalue weighted by molar-refractivity contribution is 7.80. The summed E-state index contributed by atoms with van der Waals surface area (Å²) in [6, 6.07) is -1.88. The third-order valence-electron chi connectivity index (χ3n) is 5.14. The summed E-state index contributed by atoms with van der Waals surface area (Å²) in [4.78, 5) is 30.0. The van der Waals surface area contributed by atoms with Gasteiger partial charge in [-0.05, 0) is 32.1 Å². The monoisotopic (exact) mass is 389 g/mol. The molecule has 2 saturated heterocycles. The molecule has 12 heteroatoms. The van der Waals surface area contributed by atoms with Crippen LogP contribution in [0.25, 0.3) is 0 Å². The predicted molar refractivity (Wildman–Crippen MR) is 89.9 cm³/mol. The van der Waals surface area contributed by atoms with Crippen molar-refractivity contribution in [2.45, 2.75) is 56.7 Å². The number of rotatable bonds is 4. The lowest BCUT2D eigenvalue weighted by atomic mass is 9.86. The minimum Gasteiger partial charge on any atom is -0.385 e. The number of fused-ring (bicyclic) bond motifs is 2. The maximum absolute atomic E-state index is 12.4. The van der Waals surface area contributed by atoms with Gasteiger partial charge in [0.1, 0.15) is 5.84 Å². The molecule has 0 aromatic rings. The molecule has 0 spiro atoms. The van der Waals surface area contributed by atoms with Gasteiger partial charge in [-0.25, -0.2) is 4.79 Å². The van der Waals surface area contributed by atoms with E-state index in [1.54, 1.807) is 0 Å². The molecule has 1 aliphatic carbocycles. The number of amidine groups is 1. The van der Waals surface area contributed by atoms with Gasteiger partial charge in [0.25, 0.3) is 5.91 Å². The molecule has 26 heavy (non-hydrogen) atoms. The summed E-state index contributed by atoms with van der Waals surface area (Å²) in [5.74, 6) is -0.575. The summed E-state index contributed by atoms with van der Waals surface area (Å²) < 4.78 is 35.0. The van der Waals surface area contributed by atoms with Crippen LogP contribution in [0.3, 0.4) is 0 Å². The van der Waals surface area contributed by atoms with Crippen molar-refractivity contribution in [2.75, 3.05) is 6.54 Å². The second kappa shape index (κ2) is 7.10. The lowest BCUT2D eigenvalue weighted by molar-refractivity contribution is -0.122. The van der Waals surface area contributed by atoms with E-state index in [-0.39, 0.29) is 30.2 Å². The van der Waals surface area contributed by atoms with Gasteiger partial charge in [0.05, 0.1) is 12.1 Å². The van der Waals surface area contributed by atoms with Crippen LogP contribution < -0.4 is 11.5 Å². The summed E-state index contributed by atoms with van der Waals surface area (Å²) >= 11 is 0. The van der Waals surface area contributed by atoms with Gasteiger partial charge < -0.3 is 16.4 Å². The number of urea groups is 1. The molecule has 5 N–H and O–H groups in total. The number of carbonyl (C=O) groups is 2. The molecule has 2 aliphatic heterocycles. The first kappa shape index (κ1) is 19.0. The maximum Gasteiger partial charge on any atom is 0.418 e. The summed E-state index contributed by atoms with van der Waals surface area (Å²) in [5.41, 5.74) is 11.9. The Balaban J connectivity index is 1.70. The van der Waals surface area contributed by atoms with E-state index >= 15 is 0 Å². The lowest BCUT2D eigenvalue weighted by Gasteiger charge is -2.30. The van der Waals surface area contributed by atoms with Gasteiger partial charge in [-0.3, -0.25) is 9.35 Å². The van der Waals surface area contributed by atoms with Gasteiger partial charge in [-0.15, -0.1) is 4.28 Å². The molecule has 1 saturated carbocycles. The van der Waals surface area contributed by atoms with Gasteiger partial charge >= 0.3 is 16.4 Å². The molecular weight excluding hydrogens is 366 g/mol. The fourth-order valence-electron chi connectivity index (χ4n) is 3.88. The van der Waals surface area contributed by atoms with Gasteiger partial charge in [-0.1, -0.05) is 6.42 Å². The fourth-order valence-corrected chi connectivity index (χ4v) is 4.27. The van der Waals surface area contributed by atoms with Crippen LogP contribution in [0.4, 0.5) is 4.79 Å². The van der Waals surface area contributed by atoms with Gasteiger partial charge in [0, 0.05) is 18.5 Å². The largest absolute Gasteiger partial charge is 0.418 e. The number of amides is 3. The summed E-state index contributed by atoms with van der Waals surface area (Å²) in [6.07, 6.45) is 3.86. The van der Waals surface area contributed by atoms with Crippen molar-refractivity contribution in [1.82, 2.24) is 9.96 Å². The van der Waals surface area contributed by atoms with Crippen molar-refractivity contribution in [1.29, 1.82) is 0 Å². The molecule has 2 unspecified atom stereocenters.